The summed E-state index contributed by atoms with van der Waals surface area (Å²) in [4.78, 5) is 0. The van der Waals surface area contributed by atoms with E-state index in [0.717, 1.165) is 3.54 Å². The van der Waals surface area contributed by atoms with Crippen molar-refractivity contribution >= 4 is 35.3 Å². The molecule has 0 fully saturated rings. The highest BCUT2D eigenvalue weighted by Gasteiger charge is 2.19. The minimum Gasteiger partial charge on any atom is -0.300 e. The van der Waals surface area contributed by atoms with Gasteiger partial charge >= 0.3 is 16.5 Å². The number of halogens is 1. The Labute approximate surface area is 71.9 Å². The Morgan fingerprint density at radius 3 is 1.75 bits per heavy atom. The van der Waals surface area contributed by atoms with Gasteiger partial charge in [0.2, 0.25) is 0 Å². The molecular weight excluding hydrogens is 223 g/mol. The highest BCUT2D eigenvalue weighted by atomic mass is 127. The zero-order valence-corrected chi connectivity index (χ0v) is 9.57. The van der Waals surface area contributed by atoms with Crippen LogP contribution in [-0.2, 0) is 0 Å². The van der Waals surface area contributed by atoms with Crippen molar-refractivity contribution in [1.29, 1.82) is 0 Å². The van der Waals surface area contributed by atoms with Crippen molar-refractivity contribution in [3.8, 4) is 0 Å². The predicted octanol–water partition coefficient (Wildman–Crippen LogP) is 3.04. The molecule has 0 atom stereocenters. The molecule has 0 saturated carbocycles. The van der Waals surface area contributed by atoms with Crippen molar-refractivity contribution in [2.45, 2.75) is 37.2 Å². The Balaban J connectivity index is 3.58. The third kappa shape index (κ3) is 2.87. The van der Waals surface area contributed by atoms with Crippen LogP contribution < -0.4 is 0 Å². The second kappa shape index (κ2) is 4.33. The third-order valence-corrected chi connectivity index (χ3v) is 9.20. The molecule has 0 saturated heterocycles. The molecular formula is C6H13IMg. The van der Waals surface area contributed by atoms with Crippen molar-refractivity contribution in [3.63, 3.8) is 0 Å². The summed E-state index contributed by atoms with van der Waals surface area (Å²) >= 11 is 2.81. The molecule has 2 heteroatoms. The van der Waals surface area contributed by atoms with Crippen LogP contribution in [0.1, 0.15) is 33.6 Å². The molecule has 0 radical (unpaired) electrons. The smallest absolute Gasteiger partial charge is 0.300 e. The molecule has 0 aliphatic heterocycles. The van der Waals surface area contributed by atoms with E-state index in [-0.39, 0.29) is 16.5 Å². The molecule has 0 amide bonds. The van der Waals surface area contributed by atoms with Gasteiger partial charge in [-0.25, -0.2) is 0 Å². The summed E-state index contributed by atoms with van der Waals surface area (Å²) in [7, 11) is 0. The largest absolute Gasteiger partial charge is 0.470 e. The van der Waals surface area contributed by atoms with E-state index in [2.05, 4.69) is 39.6 Å². The molecule has 0 aliphatic rings. The zero-order valence-electron chi connectivity index (χ0n) is 6.00. The first-order chi connectivity index (χ1) is 3.68. The fourth-order valence-corrected chi connectivity index (χ4v) is 4.05. The minimum absolute atomic E-state index is 0.201. The zero-order chi connectivity index (χ0) is 6.62. The second-order valence-electron chi connectivity index (χ2n) is 2.65. The Morgan fingerprint density at radius 1 is 1.38 bits per heavy atom. The standard InChI is InChI=1S/C6H13.HI.Mg/c1-4-6(3)5-2;;/h4-5H2,1-3H3;1H;/q;;+1/p-1. The van der Waals surface area contributed by atoms with Gasteiger partial charge in [-0.3, -0.25) is 0 Å². The van der Waals surface area contributed by atoms with Gasteiger partial charge in [0, 0.05) is 0 Å². The summed E-state index contributed by atoms with van der Waals surface area (Å²) in [5.74, 6) is 0. The van der Waals surface area contributed by atoms with Crippen LogP contribution in [0.25, 0.3) is 0 Å². The van der Waals surface area contributed by atoms with Crippen LogP contribution >= 0.6 is 18.9 Å². The Kier molecular flexibility index (Phi) is 5.14. The molecule has 0 rings (SSSR count). The lowest BCUT2D eigenvalue weighted by atomic mass is 10.1. The van der Waals surface area contributed by atoms with Crippen molar-refractivity contribution in [3.05, 3.63) is 0 Å². The monoisotopic (exact) mass is 236 g/mol. The fourth-order valence-electron chi connectivity index (χ4n) is 0.439. The fraction of sp³-hybridized carbons (Fsp3) is 1.00. The quantitative estimate of drug-likeness (QED) is 0.522. The molecule has 46 valence electrons. The topological polar surface area (TPSA) is 0 Å². The van der Waals surface area contributed by atoms with E-state index < -0.39 is 0 Å². The van der Waals surface area contributed by atoms with Gasteiger partial charge in [0.15, 0.2) is 0 Å². The highest BCUT2D eigenvalue weighted by molar-refractivity contribution is 14.1. The molecule has 0 aromatic heterocycles. The molecule has 0 bridgehead atoms. The first kappa shape index (κ1) is 9.50. The Bertz CT molecular complexity index is 51.3. The maximum atomic E-state index is 2.61. The van der Waals surface area contributed by atoms with E-state index in [9.17, 15) is 0 Å². The van der Waals surface area contributed by atoms with Crippen molar-refractivity contribution in [2.75, 3.05) is 0 Å². The number of rotatable bonds is 3. The van der Waals surface area contributed by atoms with Crippen LogP contribution in [0.3, 0.4) is 0 Å². The molecule has 0 nitrogen and oxygen atoms in total. The highest BCUT2D eigenvalue weighted by Crippen LogP contribution is 2.33. The van der Waals surface area contributed by atoms with Crippen molar-refractivity contribution < 1.29 is 0 Å². The second-order valence-corrected chi connectivity index (χ2v) is 6.91. The lowest BCUT2D eigenvalue weighted by Crippen LogP contribution is -2.09. The van der Waals surface area contributed by atoms with Crippen LogP contribution in [0.2, 0.25) is 3.54 Å². The predicted molar refractivity (Wildman–Crippen MR) is 48.7 cm³/mol. The maximum Gasteiger partial charge on any atom is 0.470 e. The molecule has 0 N–H and O–H groups in total. The maximum absolute atomic E-state index is 2.61. The van der Waals surface area contributed by atoms with Gasteiger partial charge < -0.3 is 18.9 Å². The summed E-state index contributed by atoms with van der Waals surface area (Å²) in [6.07, 6.45) is 2.75. The van der Waals surface area contributed by atoms with E-state index in [4.69, 9.17) is 0 Å². The van der Waals surface area contributed by atoms with Gasteiger partial charge in [-0.15, -0.1) is 3.54 Å². The summed E-state index contributed by atoms with van der Waals surface area (Å²) < 4.78 is 0.751. The minimum atomic E-state index is 0.201. The normalized spacial score (nSPS) is 11.0. The van der Waals surface area contributed by atoms with E-state index in [1.54, 1.807) is 0 Å². The van der Waals surface area contributed by atoms with Gasteiger partial charge in [0.05, 0.1) is 0 Å². The molecule has 0 heterocycles. The SMILES string of the molecule is CC[C](C)(CC)[Mg][I]. The summed E-state index contributed by atoms with van der Waals surface area (Å²) in [6, 6.07) is 0. The molecule has 0 spiro atoms. The average molecular weight is 236 g/mol. The van der Waals surface area contributed by atoms with Gasteiger partial charge in [0.25, 0.3) is 0 Å². The van der Waals surface area contributed by atoms with Gasteiger partial charge in [-0.05, 0) is 0 Å². The number of hydrogen-bond donors (Lipinski definition) is 0. The van der Waals surface area contributed by atoms with Gasteiger partial charge in [0.1, 0.15) is 0 Å². The van der Waals surface area contributed by atoms with Crippen LogP contribution in [-0.4, -0.2) is 16.5 Å². The van der Waals surface area contributed by atoms with E-state index in [1.807, 2.05) is 0 Å². The van der Waals surface area contributed by atoms with E-state index >= 15 is 0 Å². The van der Waals surface area contributed by atoms with Crippen molar-refractivity contribution in [1.82, 2.24) is 0 Å². The number of hydrogen-bond acceptors (Lipinski definition) is 0. The van der Waals surface area contributed by atoms with Crippen molar-refractivity contribution in [2.24, 2.45) is 0 Å². The molecule has 0 aromatic carbocycles. The van der Waals surface area contributed by atoms with Gasteiger partial charge in [-0.1, -0.05) is 33.6 Å². The lowest BCUT2D eigenvalue weighted by molar-refractivity contribution is 0.570. The average Bonchev–Trinajstić information content (AvgIpc) is 1.87. The summed E-state index contributed by atoms with van der Waals surface area (Å²) in [6.45, 7) is 7.01. The summed E-state index contributed by atoms with van der Waals surface area (Å²) in [5.41, 5.74) is 0. The third-order valence-electron chi connectivity index (χ3n) is 2.03. The van der Waals surface area contributed by atoms with Crippen LogP contribution in [0.15, 0.2) is 0 Å². The first-order valence-corrected chi connectivity index (χ1v) is 9.06. The molecule has 8 heavy (non-hydrogen) atoms. The Morgan fingerprint density at radius 2 is 1.75 bits per heavy atom. The van der Waals surface area contributed by atoms with E-state index in [0.29, 0.717) is 0 Å². The lowest BCUT2D eigenvalue weighted by Gasteiger charge is -2.22. The van der Waals surface area contributed by atoms with Crippen LogP contribution in [0.4, 0.5) is 0 Å². The van der Waals surface area contributed by atoms with Crippen LogP contribution in [0.5, 0.6) is 0 Å². The van der Waals surface area contributed by atoms with E-state index in [1.165, 1.54) is 12.8 Å². The summed E-state index contributed by atoms with van der Waals surface area (Å²) in [5, 5.41) is 0. The van der Waals surface area contributed by atoms with Crippen LogP contribution in [0, 0.1) is 0 Å². The molecule has 0 unspecified atom stereocenters. The van der Waals surface area contributed by atoms with Gasteiger partial charge in [-0.2, -0.15) is 0 Å². The first-order valence-electron chi connectivity index (χ1n) is 3.24. The molecule has 0 aromatic rings. The molecule has 0 aliphatic carbocycles. The Hall–Kier alpha value is 1.50.